The van der Waals surface area contributed by atoms with Crippen molar-refractivity contribution in [3.05, 3.63) is 29.3 Å². The summed E-state index contributed by atoms with van der Waals surface area (Å²) in [6.45, 7) is 1.60. The van der Waals surface area contributed by atoms with Crippen LogP contribution in [-0.4, -0.2) is 54.1 Å². The minimum absolute atomic E-state index is 0.153. The molecule has 3 fully saturated rings. The molecule has 0 radical (unpaired) electrons. The number of hydrogen-bond donors (Lipinski definition) is 0. The minimum Gasteiger partial charge on any atom is -0.319 e. The van der Waals surface area contributed by atoms with Crippen LogP contribution in [0, 0.1) is 0 Å². The molecule has 1 aromatic carbocycles. The van der Waals surface area contributed by atoms with E-state index >= 15 is 0 Å². The summed E-state index contributed by atoms with van der Waals surface area (Å²) in [5, 5.41) is 0.683. The Kier molecular flexibility index (Phi) is 3.98. The number of halogens is 1. The van der Waals surface area contributed by atoms with E-state index in [0.29, 0.717) is 23.1 Å². The third-order valence-electron chi connectivity index (χ3n) is 5.92. The van der Waals surface area contributed by atoms with E-state index < -0.39 is 0 Å². The maximum absolute atomic E-state index is 12.9. The molecule has 4 nitrogen and oxygen atoms in total. The van der Waals surface area contributed by atoms with Crippen molar-refractivity contribution in [2.75, 3.05) is 25.0 Å². The van der Waals surface area contributed by atoms with Gasteiger partial charge in [0.1, 0.15) is 0 Å². The van der Waals surface area contributed by atoms with Crippen LogP contribution in [0.1, 0.15) is 32.1 Å². The maximum atomic E-state index is 12.9. The fourth-order valence-electron chi connectivity index (χ4n) is 4.62. The summed E-state index contributed by atoms with van der Waals surface area (Å²) in [7, 11) is 2.26. The second-order valence-corrected chi connectivity index (χ2v) is 7.57. The third-order valence-corrected chi connectivity index (χ3v) is 6.15. The molecule has 3 saturated heterocycles. The molecule has 4 rings (SSSR count). The molecule has 5 heteroatoms. The first-order chi connectivity index (χ1) is 11.1. The summed E-state index contributed by atoms with van der Waals surface area (Å²) in [4.78, 5) is 19.4. The standard InChI is InChI=1S/C18H24ClN3O/c1-20-14-5-3-6-15(20)12-17(11-14)22-9-8-21(18(22)23)16-7-2-4-13(19)10-16/h2,4,7,10,14-15,17H,3,5-6,8-9,11-12H2,1H3/t14-,15+,17?. The molecular weight excluding hydrogens is 310 g/mol. The van der Waals surface area contributed by atoms with Gasteiger partial charge in [0.25, 0.3) is 0 Å². The highest BCUT2D eigenvalue weighted by Gasteiger charge is 2.42. The summed E-state index contributed by atoms with van der Waals surface area (Å²) < 4.78 is 0. The van der Waals surface area contributed by atoms with Gasteiger partial charge in [-0.05, 0) is 50.9 Å². The van der Waals surface area contributed by atoms with Crippen LogP contribution < -0.4 is 4.90 Å². The van der Waals surface area contributed by atoms with E-state index in [2.05, 4.69) is 16.8 Å². The Morgan fingerprint density at radius 2 is 1.83 bits per heavy atom. The topological polar surface area (TPSA) is 26.8 Å². The SMILES string of the molecule is CN1[C@@H]2CCC[C@H]1CC(N1CCN(c3cccc(Cl)c3)C1=O)C2. The van der Waals surface area contributed by atoms with Crippen molar-refractivity contribution in [3.63, 3.8) is 0 Å². The molecule has 2 bridgehead atoms. The minimum atomic E-state index is 0.153. The van der Waals surface area contributed by atoms with Gasteiger partial charge in [-0.1, -0.05) is 24.1 Å². The summed E-state index contributed by atoms with van der Waals surface area (Å²) in [5.74, 6) is 0. The second-order valence-electron chi connectivity index (χ2n) is 7.14. The van der Waals surface area contributed by atoms with Gasteiger partial charge in [-0.15, -0.1) is 0 Å². The summed E-state index contributed by atoms with van der Waals surface area (Å²) in [5.41, 5.74) is 0.915. The number of piperidine rings is 2. The zero-order valence-electron chi connectivity index (χ0n) is 13.6. The highest BCUT2D eigenvalue weighted by molar-refractivity contribution is 6.30. The number of rotatable bonds is 2. The van der Waals surface area contributed by atoms with Crippen molar-refractivity contribution in [1.29, 1.82) is 0 Å². The molecule has 0 spiro atoms. The van der Waals surface area contributed by atoms with E-state index in [-0.39, 0.29) is 6.03 Å². The van der Waals surface area contributed by atoms with E-state index in [4.69, 9.17) is 11.6 Å². The van der Waals surface area contributed by atoms with Crippen LogP contribution in [0.3, 0.4) is 0 Å². The molecule has 3 heterocycles. The van der Waals surface area contributed by atoms with Crippen LogP contribution in [0.5, 0.6) is 0 Å². The number of urea groups is 1. The first-order valence-corrected chi connectivity index (χ1v) is 9.07. The maximum Gasteiger partial charge on any atom is 0.324 e. The summed E-state index contributed by atoms with van der Waals surface area (Å²) in [6.07, 6.45) is 6.16. The average Bonchev–Trinajstić information content (AvgIpc) is 2.89. The van der Waals surface area contributed by atoms with E-state index in [9.17, 15) is 4.79 Å². The Labute approximate surface area is 143 Å². The van der Waals surface area contributed by atoms with E-state index in [0.717, 1.165) is 31.6 Å². The van der Waals surface area contributed by atoms with Gasteiger partial charge in [0.05, 0.1) is 0 Å². The lowest BCUT2D eigenvalue weighted by Crippen LogP contribution is -2.56. The molecule has 2 amide bonds. The van der Waals surface area contributed by atoms with Crippen molar-refractivity contribution in [3.8, 4) is 0 Å². The molecule has 23 heavy (non-hydrogen) atoms. The summed E-state index contributed by atoms with van der Waals surface area (Å²) in [6, 6.07) is 9.47. The highest BCUT2D eigenvalue weighted by Crippen LogP contribution is 2.36. The molecule has 0 saturated carbocycles. The number of fused-ring (bicyclic) bond motifs is 2. The number of amides is 2. The van der Waals surface area contributed by atoms with Crippen molar-refractivity contribution in [1.82, 2.24) is 9.80 Å². The molecule has 3 aliphatic rings. The Hall–Kier alpha value is -1.26. The lowest BCUT2D eigenvalue weighted by Gasteiger charge is -2.48. The number of nitrogens with zero attached hydrogens (tertiary/aromatic N) is 3. The third kappa shape index (κ3) is 2.72. The van der Waals surface area contributed by atoms with Gasteiger partial charge in [-0.2, -0.15) is 0 Å². The molecular formula is C18H24ClN3O. The molecule has 1 aromatic rings. The fourth-order valence-corrected chi connectivity index (χ4v) is 4.80. The number of benzene rings is 1. The monoisotopic (exact) mass is 333 g/mol. The van der Waals surface area contributed by atoms with Crippen LogP contribution in [-0.2, 0) is 0 Å². The van der Waals surface area contributed by atoms with E-state index in [1.165, 1.54) is 19.3 Å². The van der Waals surface area contributed by atoms with Gasteiger partial charge >= 0.3 is 6.03 Å². The average molecular weight is 334 g/mol. The highest BCUT2D eigenvalue weighted by atomic mass is 35.5. The molecule has 3 atom stereocenters. The lowest BCUT2D eigenvalue weighted by molar-refractivity contribution is 0.0251. The normalized spacial score (nSPS) is 31.7. The first-order valence-electron chi connectivity index (χ1n) is 8.69. The van der Waals surface area contributed by atoms with Crippen molar-refractivity contribution in [2.24, 2.45) is 0 Å². The largest absolute Gasteiger partial charge is 0.324 e. The van der Waals surface area contributed by atoms with Crippen molar-refractivity contribution >= 4 is 23.3 Å². The number of carbonyl (C=O) groups is 1. The number of carbonyl (C=O) groups excluding carboxylic acids is 1. The van der Waals surface area contributed by atoms with Gasteiger partial charge in [-0.3, -0.25) is 4.90 Å². The second kappa shape index (κ2) is 5.99. The van der Waals surface area contributed by atoms with Crippen molar-refractivity contribution < 1.29 is 4.79 Å². The molecule has 124 valence electrons. The van der Waals surface area contributed by atoms with Gasteiger partial charge in [0.2, 0.25) is 0 Å². The van der Waals surface area contributed by atoms with Gasteiger partial charge in [0.15, 0.2) is 0 Å². The molecule has 0 N–H and O–H groups in total. The van der Waals surface area contributed by atoms with Crippen LogP contribution in [0.4, 0.5) is 10.5 Å². The van der Waals surface area contributed by atoms with Crippen LogP contribution in [0.15, 0.2) is 24.3 Å². The Morgan fingerprint density at radius 1 is 1.09 bits per heavy atom. The predicted octanol–water partition coefficient (Wildman–Crippen LogP) is 3.60. The van der Waals surface area contributed by atoms with Crippen LogP contribution >= 0.6 is 11.6 Å². The fraction of sp³-hybridized carbons (Fsp3) is 0.611. The predicted molar refractivity (Wildman–Crippen MR) is 93.1 cm³/mol. The van der Waals surface area contributed by atoms with Gasteiger partial charge in [-0.25, -0.2) is 4.79 Å². The summed E-state index contributed by atoms with van der Waals surface area (Å²) >= 11 is 6.08. The number of hydrogen-bond acceptors (Lipinski definition) is 2. The van der Waals surface area contributed by atoms with Gasteiger partial charge < -0.3 is 9.80 Å². The smallest absolute Gasteiger partial charge is 0.319 e. The molecule has 1 unspecified atom stereocenters. The van der Waals surface area contributed by atoms with E-state index in [1.54, 1.807) is 0 Å². The lowest BCUT2D eigenvalue weighted by atomic mass is 9.82. The molecule has 0 aromatic heterocycles. The molecule has 3 aliphatic heterocycles. The van der Waals surface area contributed by atoms with Crippen molar-refractivity contribution in [2.45, 2.75) is 50.2 Å². The first kappa shape index (κ1) is 15.3. The Morgan fingerprint density at radius 3 is 2.52 bits per heavy atom. The molecule has 0 aliphatic carbocycles. The zero-order valence-corrected chi connectivity index (χ0v) is 14.4. The van der Waals surface area contributed by atoms with E-state index in [1.807, 2.05) is 29.2 Å². The quantitative estimate of drug-likeness (QED) is 0.826. The van der Waals surface area contributed by atoms with Crippen LogP contribution in [0.2, 0.25) is 5.02 Å². The Bertz CT molecular complexity index is 594. The zero-order chi connectivity index (χ0) is 16.0. The Balaban J connectivity index is 1.50. The number of anilines is 1. The van der Waals surface area contributed by atoms with Gasteiger partial charge in [0, 0.05) is 41.9 Å². The van der Waals surface area contributed by atoms with Crippen LogP contribution in [0.25, 0.3) is 0 Å².